The molecule has 0 aliphatic carbocycles. The molecule has 2 heterocycles. The molecule has 7 nitrogen and oxygen atoms in total. The first kappa shape index (κ1) is 22.4. The minimum Gasteiger partial charge on any atom is -0.508 e. The average molecular weight is 444 g/mol. The summed E-state index contributed by atoms with van der Waals surface area (Å²) in [5.41, 5.74) is 5.46. The first-order valence-corrected chi connectivity index (χ1v) is 11.4. The number of hydrazine groups is 1. The van der Waals surface area contributed by atoms with E-state index in [0.29, 0.717) is 30.4 Å². The van der Waals surface area contributed by atoms with Crippen LogP contribution in [0.25, 0.3) is 0 Å². The molecule has 170 valence electrons. The van der Waals surface area contributed by atoms with E-state index in [2.05, 4.69) is 22.6 Å². The van der Waals surface area contributed by atoms with E-state index in [0.717, 1.165) is 43.5 Å². The summed E-state index contributed by atoms with van der Waals surface area (Å²) in [6, 6.07) is 16.8. The molecule has 0 saturated carbocycles. The third kappa shape index (κ3) is 5.54. The predicted molar refractivity (Wildman–Crippen MR) is 129 cm³/mol. The number of aromatic nitrogens is 2. The van der Waals surface area contributed by atoms with Crippen LogP contribution in [-0.2, 0) is 6.54 Å². The van der Waals surface area contributed by atoms with Gasteiger partial charge >= 0.3 is 0 Å². The standard InChI is InChI=1S/C26H29N5O2/c1-2-31-26(33)24-25(27-17-7-4-8-18-28-31)30(19-21-11-14-22(32)15-12-21)23(29-24)16-13-20-9-5-3-6-10-20/h3,5-6,9-12,14-15,27-28,32H,2,4,7-8,17-19H2,1H3. The molecule has 33 heavy (non-hydrogen) atoms. The molecule has 3 N–H and O–H groups in total. The van der Waals surface area contributed by atoms with Crippen LogP contribution in [0.5, 0.6) is 5.75 Å². The number of rotatable bonds is 3. The zero-order chi connectivity index (χ0) is 23.0. The minimum absolute atomic E-state index is 0.172. The van der Waals surface area contributed by atoms with Crippen molar-refractivity contribution >= 4 is 11.7 Å². The van der Waals surface area contributed by atoms with E-state index < -0.39 is 0 Å². The van der Waals surface area contributed by atoms with E-state index >= 15 is 0 Å². The van der Waals surface area contributed by atoms with E-state index in [1.165, 1.54) is 0 Å². The summed E-state index contributed by atoms with van der Waals surface area (Å²) >= 11 is 0. The number of hydrogen-bond acceptors (Lipinski definition) is 5. The second-order valence-corrected chi connectivity index (χ2v) is 7.95. The van der Waals surface area contributed by atoms with Crippen molar-refractivity contribution in [3.05, 3.63) is 77.2 Å². The number of phenols is 1. The summed E-state index contributed by atoms with van der Waals surface area (Å²) in [5.74, 6) is 7.58. The van der Waals surface area contributed by atoms with Crippen molar-refractivity contribution in [3.63, 3.8) is 0 Å². The van der Waals surface area contributed by atoms with Gasteiger partial charge in [0, 0.05) is 25.2 Å². The highest BCUT2D eigenvalue weighted by molar-refractivity contribution is 5.97. The highest BCUT2D eigenvalue weighted by Crippen LogP contribution is 2.23. The molecular formula is C26H29N5O2. The van der Waals surface area contributed by atoms with Crippen LogP contribution in [0.2, 0.25) is 0 Å². The Morgan fingerprint density at radius 1 is 1.00 bits per heavy atom. The van der Waals surface area contributed by atoms with Gasteiger partial charge < -0.3 is 10.4 Å². The summed E-state index contributed by atoms with van der Waals surface area (Å²) in [4.78, 5) is 18.1. The molecule has 1 amide bonds. The molecule has 0 bridgehead atoms. The molecule has 0 spiro atoms. The first-order valence-electron chi connectivity index (χ1n) is 11.4. The number of hydrogen-bond donors (Lipinski definition) is 3. The number of amides is 1. The Morgan fingerprint density at radius 2 is 1.76 bits per heavy atom. The Labute approximate surface area is 194 Å². The monoisotopic (exact) mass is 443 g/mol. The minimum atomic E-state index is -0.172. The Balaban J connectivity index is 1.80. The maximum absolute atomic E-state index is 13.4. The number of anilines is 1. The number of imidazole rings is 1. The van der Waals surface area contributed by atoms with E-state index in [4.69, 9.17) is 4.98 Å². The highest BCUT2D eigenvalue weighted by Gasteiger charge is 2.26. The smallest absolute Gasteiger partial charge is 0.290 e. The van der Waals surface area contributed by atoms with E-state index in [1.807, 2.05) is 54.0 Å². The van der Waals surface area contributed by atoms with Gasteiger partial charge in [0.25, 0.3) is 5.91 Å². The maximum atomic E-state index is 13.4. The Bertz CT molecular complexity index is 1140. The SMILES string of the molecule is CCN1NCCCCCNc2c(nc(C#Cc3ccccc3)n2Cc2ccc(O)cc2)C1=O. The van der Waals surface area contributed by atoms with Crippen LogP contribution in [0, 0.1) is 11.8 Å². The summed E-state index contributed by atoms with van der Waals surface area (Å²) in [6.45, 7) is 4.46. The molecule has 1 aliphatic heterocycles. The summed E-state index contributed by atoms with van der Waals surface area (Å²) < 4.78 is 1.96. The fourth-order valence-electron chi connectivity index (χ4n) is 3.77. The zero-order valence-electron chi connectivity index (χ0n) is 18.8. The largest absolute Gasteiger partial charge is 0.508 e. The van der Waals surface area contributed by atoms with Gasteiger partial charge in [-0.15, -0.1) is 0 Å². The van der Waals surface area contributed by atoms with E-state index in [-0.39, 0.29) is 11.7 Å². The molecule has 4 rings (SSSR count). The van der Waals surface area contributed by atoms with Gasteiger partial charge in [-0.05, 0) is 55.5 Å². The number of carbonyl (C=O) groups is 1. The van der Waals surface area contributed by atoms with Crippen molar-refractivity contribution in [1.29, 1.82) is 0 Å². The number of nitrogens with zero attached hydrogens (tertiary/aromatic N) is 3. The third-order valence-electron chi connectivity index (χ3n) is 5.55. The number of fused-ring (bicyclic) bond motifs is 1. The molecule has 2 aromatic carbocycles. The second-order valence-electron chi connectivity index (χ2n) is 7.95. The fourth-order valence-corrected chi connectivity index (χ4v) is 3.77. The predicted octanol–water partition coefficient (Wildman–Crippen LogP) is 3.60. The topological polar surface area (TPSA) is 82.4 Å². The lowest BCUT2D eigenvalue weighted by atomic mass is 10.2. The maximum Gasteiger partial charge on any atom is 0.290 e. The van der Waals surface area contributed by atoms with Crippen molar-refractivity contribution in [2.45, 2.75) is 32.7 Å². The second kappa shape index (κ2) is 10.7. The summed E-state index contributed by atoms with van der Waals surface area (Å²) in [6.07, 6.45) is 3.06. The molecule has 3 aromatic rings. The molecule has 0 radical (unpaired) electrons. The zero-order valence-corrected chi connectivity index (χ0v) is 18.8. The molecule has 0 saturated heterocycles. The molecule has 0 atom stereocenters. The van der Waals surface area contributed by atoms with Crippen LogP contribution in [-0.4, -0.2) is 45.2 Å². The quantitative estimate of drug-likeness (QED) is 0.539. The molecule has 7 heteroatoms. The molecule has 0 fully saturated rings. The van der Waals surface area contributed by atoms with Crippen LogP contribution < -0.4 is 10.7 Å². The molecule has 0 unspecified atom stereocenters. The fraction of sp³-hybridized carbons (Fsp3) is 0.308. The van der Waals surface area contributed by atoms with Crippen molar-refractivity contribution < 1.29 is 9.90 Å². The van der Waals surface area contributed by atoms with Gasteiger partial charge in [-0.25, -0.2) is 10.4 Å². The van der Waals surface area contributed by atoms with Gasteiger partial charge in [-0.1, -0.05) is 42.7 Å². The van der Waals surface area contributed by atoms with Gasteiger partial charge in [0.15, 0.2) is 11.5 Å². The lowest BCUT2D eigenvalue weighted by molar-refractivity contribution is 0.0666. The van der Waals surface area contributed by atoms with Gasteiger partial charge in [-0.3, -0.25) is 14.4 Å². The first-order chi connectivity index (χ1) is 16.2. The van der Waals surface area contributed by atoms with Crippen LogP contribution in [0.15, 0.2) is 54.6 Å². The molecule has 1 aliphatic rings. The van der Waals surface area contributed by atoms with Gasteiger partial charge in [0.2, 0.25) is 0 Å². The summed E-state index contributed by atoms with van der Waals surface area (Å²) in [5, 5.41) is 14.8. The average Bonchev–Trinajstić information content (AvgIpc) is 3.16. The lowest BCUT2D eigenvalue weighted by Crippen LogP contribution is -2.43. The van der Waals surface area contributed by atoms with Gasteiger partial charge in [-0.2, -0.15) is 0 Å². The third-order valence-corrected chi connectivity index (χ3v) is 5.55. The molecular weight excluding hydrogens is 414 g/mol. The number of aromatic hydroxyl groups is 1. The summed E-state index contributed by atoms with van der Waals surface area (Å²) in [7, 11) is 0. The van der Waals surface area contributed by atoms with Gasteiger partial charge in [0.1, 0.15) is 11.6 Å². The van der Waals surface area contributed by atoms with Crippen LogP contribution in [0.4, 0.5) is 5.82 Å². The Hall–Kier alpha value is -3.76. The number of benzene rings is 2. The Kier molecular flexibility index (Phi) is 7.28. The Morgan fingerprint density at radius 3 is 2.52 bits per heavy atom. The van der Waals surface area contributed by atoms with Crippen molar-refractivity contribution in [2.24, 2.45) is 0 Å². The van der Waals surface area contributed by atoms with Crippen LogP contribution in [0.3, 0.4) is 0 Å². The van der Waals surface area contributed by atoms with Crippen LogP contribution >= 0.6 is 0 Å². The number of phenolic OH excluding ortho intramolecular Hbond substituents is 1. The van der Waals surface area contributed by atoms with E-state index in [9.17, 15) is 9.90 Å². The highest BCUT2D eigenvalue weighted by atomic mass is 16.3. The van der Waals surface area contributed by atoms with Gasteiger partial charge in [0.05, 0.1) is 6.54 Å². The number of carbonyl (C=O) groups excluding carboxylic acids is 1. The lowest BCUT2D eigenvalue weighted by Gasteiger charge is -2.21. The van der Waals surface area contributed by atoms with E-state index in [1.54, 1.807) is 17.1 Å². The van der Waals surface area contributed by atoms with Crippen molar-refractivity contribution in [1.82, 2.24) is 20.0 Å². The molecule has 1 aromatic heterocycles. The normalized spacial score (nSPS) is 14.5. The van der Waals surface area contributed by atoms with Crippen LogP contribution in [0.1, 0.15) is 53.6 Å². The van der Waals surface area contributed by atoms with Crippen molar-refractivity contribution in [3.8, 4) is 17.6 Å². The van der Waals surface area contributed by atoms with Crippen molar-refractivity contribution in [2.75, 3.05) is 25.0 Å². The number of nitrogens with one attached hydrogen (secondary N) is 2.